The van der Waals surface area contributed by atoms with Gasteiger partial charge in [-0.2, -0.15) is 0 Å². The topological polar surface area (TPSA) is 126 Å². The van der Waals surface area contributed by atoms with Crippen molar-refractivity contribution in [2.75, 3.05) is 39.4 Å². The number of rotatable bonds is 10. The number of benzene rings is 1. The molecule has 0 aliphatic carbocycles. The molecule has 1 heterocycles. The zero-order valence-electron chi connectivity index (χ0n) is 18.9. The van der Waals surface area contributed by atoms with Crippen LogP contribution in [0.1, 0.15) is 49.8 Å². The summed E-state index contributed by atoms with van der Waals surface area (Å²) in [7, 11) is 2.87. The minimum absolute atomic E-state index is 0.0436. The number of hydrogen-bond acceptors (Lipinski definition) is 10. The fourth-order valence-corrected chi connectivity index (χ4v) is 3.85. The van der Waals surface area contributed by atoms with Gasteiger partial charge in [-0.25, -0.2) is 14.4 Å². The van der Waals surface area contributed by atoms with E-state index in [4.69, 9.17) is 23.7 Å². The Morgan fingerprint density at radius 3 is 1.97 bits per heavy atom. The number of carbonyl (C=O) groups is 4. The highest BCUT2D eigenvalue weighted by molar-refractivity contribution is 7.18. The predicted octanol–water partition coefficient (Wildman–Crippen LogP) is 3.22. The lowest BCUT2D eigenvalue weighted by Crippen LogP contribution is -2.21. The average molecular weight is 480 g/mol. The van der Waals surface area contributed by atoms with E-state index in [1.54, 1.807) is 26.8 Å². The van der Waals surface area contributed by atoms with Crippen LogP contribution in [0.2, 0.25) is 0 Å². The maximum absolute atomic E-state index is 12.4. The molecule has 0 aliphatic rings. The van der Waals surface area contributed by atoms with E-state index in [0.29, 0.717) is 17.1 Å². The molecular formula is C22H25NO9S. The lowest BCUT2D eigenvalue weighted by molar-refractivity contribution is -0.119. The third-order valence-electron chi connectivity index (χ3n) is 4.26. The number of nitrogens with one attached hydrogen (secondary N) is 1. The monoisotopic (exact) mass is 479 g/mol. The Hall–Kier alpha value is -3.60. The fraction of sp³-hybridized carbons (Fsp3) is 0.364. The van der Waals surface area contributed by atoms with Crippen molar-refractivity contribution in [1.29, 1.82) is 0 Å². The SMILES string of the molecule is CCOC(=O)c1sc(NC(=O)COC(=O)c2cc(OC)cc(OC)c2)c(C(=O)OCC)c1C. The van der Waals surface area contributed by atoms with Crippen LogP contribution in [0.5, 0.6) is 11.5 Å². The van der Waals surface area contributed by atoms with E-state index in [1.165, 1.54) is 26.4 Å². The first kappa shape index (κ1) is 25.7. The summed E-state index contributed by atoms with van der Waals surface area (Å²) in [5.74, 6) is -2.04. The Balaban J connectivity index is 2.17. The van der Waals surface area contributed by atoms with Gasteiger partial charge in [0.15, 0.2) is 6.61 Å². The van der Waals surface area contributed by atoms with Crippen LogP contribution in [0.15, 0.2) is 18.2 Å². The first-order chi connectivity index (χ1) is 15.7. The molecular weight excluding hydrogens is 454 g/mol. The largest absolute Gasteiger partial charge is 0.497 e. The Kier molecular flexibility index (Phi) is 9.22. The van der Waals surface area contributed by atoms with Gasteiger partial charge in [-0.3, -0.25) is 4.79 Å². The molecule has 11 heteroatoms. The summed E-state index contributed by atoms with van der Waals surface area (Å²) < 4.78 is 25.3. The minimum atomic E-state index is -0.775. The molecule has 10 nitrogen and oxygen atoms in total. The molecule has 33 heavy (non-hydrogen) atoms. The van der Waals surface area contributed by atoms with E-state index in [-0.39, 0.29) is 34.2 Å². The minimum Gasteiger partial charge on any atom is -0.497 e. The molecule has 0 bridgehead atoms. The van der Waals surface area contributed by atoms with Gasteiger partial charge in [-0.1, -0.05) is 0 Å². The van der Waals surface area contributed by atoms with Crippen LogP contribution in [-0.4, -0.2) is 57.9 Å². The molecule has 2 aromatic rings. The number of esters is 3. The van der Waals surface area contributed by atoms with Crippen molar-refractivity contribution in [3.05, 3.63) is 39.8 Å². The lowest BCUT2D eigenvalue weighted by Gasteiger charge is -2.09. The van der Waals surface area contributed by atoms with Crippen LogP contribution in [0.3, 0.4) is 0 Å². The van der Waals surface area contributed by atoms with Crippen molar-refractivity contribution >= 4 is 40.2 Å². The van der Waals surface area contributed by atoms with Crippen LogP contribution in [-0.2, 0) is 19.0 Å². The Morgan fingerprint density at radius 1 is 0.848 bits per heavy atom. The Labute approximate surface area is 194 Å². The second-order valence-corrected chi connectivity index (χ2v) is 7.45. The first-order valence-electron chi connectivity index (χ1n) is 9.93. The molecule has 1 amide bonds. The number of thiophene rings is 1. The smallest absolute Gasteiger partial charge is 0.348 e. The zero-order valence-corrected chi connectivity index (χ0v) is 19.8. The van der Waals surface area contributed by atoms with Gasteiger partial charge in [-0.05, 0) is 38.5 Å². The van der Waals surface area contributed by atoms with Gasteiger partial charge in [-0.15, -0.1) is 11.3 Å². The highest BCUT2D eigenvalue weighted by Gasteiger charge is 2.27. The van der Waals surface area contributed by atoms with Gasteiger partial charge in [0, 0.05) is 6.07 Å². The van der Waals surface area contributed by atoms with Crippen molar-refractivity contribution in [3.8, 4) is 11.5 Å². The quantitative estimate of drug-likeness (QED) is 0.404. The van der Waals surface area contributed by atoms with Gasteiger partial charge in [0.05, 0.1) is 38.6 Å². The van der Waals surface area contributed by atoms with Crippen molar-refractivity contribution in [3.63, 3.8) is 0 Å². The standard InChI is InChI=1S/C22H25NO9S/c1-6-30-21(26)17-12(3)18(22(27)31-7-2)33-19(17)23-16(24)11-32-20(25)13-8-14(28-4)10-15(9-13)29-5/h8-10H,6-7,11H2,1-5H3,(H,23,24). The highest BCUT2D eigenvalue weighted by atomic mass is 32.1. The molecule has 0 spiro atoms. The van der Waals surface area contributed by atoms with Gasteiger partial charge >= 0.3 is 17.9 Å². The van der Waals surface area contributed by atoms with E-state index >= 15 is 0 Å². The Bertz CT molecular complexity index is 1020. The fourth-order valence-electron chi connectivity index (χ4n) is 2.74. The van der Waals surface area contributed by atoms with E-state index in [0.717, 1.165) is 11.3 Å². The molecule has 1 aromatic heterocycles. The number of carbonyl (C=O) groups excluding carboxylic acids is 4. The van der Waals surface area contributed by atoms with Crippen LogP contribution >= 0.6 is 11.3 Å². The summed E-state index contributed by atoms with van der Waals surface area (Å²) in [6.07, 6.45) is 0. The molecule has 0 unspecified atom stereocenters. The van der Waals surface area contributed by atoms with Crippen molar-refractivity contribution in [2.24, 2.45) is 0 Å². The van der Waals surface area contributed by atoms with Crippen molar-refractivity contribution < 1.29 is 42.9 Å². The zero-order chi connectivity index (χ0) is 24.5. The molecule has 2 rings (SSSR count). The normalized spacial score (nSPS) is 10.2. The molecule has 0 aliphatic heterocycles. The van der Waals surface area contributed by atoms with Crippen LogP contribution in [0.4, 0.5) is 5.00 Å². The maximum atomic E-state index is 12.4. The van der Waals surface area contributed by atoms with E-state index < -0.39 is 30.4 Å². The molecule has 0 atom stereocenters. The number of hydrogen-bond donors (Lipinski definition) is 1. The second kappa shape index (κ2) is 11.9. The van der Waals surface area contributed by atoms with Gasteiger partial charge in [0.25, 0.3) is 5.91 Å². The predicted molar refractivity (Wildman–Crippen MR) is 119 cm³/mol. The van der Waals surface area contributed by atoms with Gasteiger partial charge in [0.2, 0.25) is 0 Å². The number of ether oxygens (including phenoxy) is 5. The highest BCUT2D eigenvalue weighted by Crippen LogP contribution is 2.34. The number of methoxy groups -OCH3 is 2. The average Bonchev–Trinajstić information content (AvgIpc) is 3.12. The summed E-state index contributed by atoms with van der Waals surface area (Å²) in [4.78, 5) is 49.6. The lowest BCUT2D eigenvalue weighted by atomic mass is 10.1. The molecule has 0 fully saturated rings. The van der Waals surface area contributed by atoms with Crippen LogP contribution in [0, 0.1) is 6.92 Å². The van der Waals surface area contributed by atoms with E-state index in [9.17, 15) is 19.2 Å². The van der Waals surface area contributed by atoms with Gasteiger partial charge in [0.1, 0.15) is 21.4 Å². The molecule has 1 aromatic carbocycles. The summed E-state index contributed by atoms with van der Waals surface area (Å²) in [6.45, 7) is 4.47. The molecule has 0 radical (unpaired) electrons. The van der Waals surface area contributed by atoms with Crippen LogP contribution < -0.4 is 14.8 Å². The summed E-state index contributed by atoms with van der Waals surface area (Å²) in [6, 6.07) is 4.46. The van der Waals surface area contributed by atoms with Crippen molar-refractivity contribution in [2.45, 2.75) is 20.8 Å². The number of amides is 1. The first-order valence-corrected chi connectivity index (χ1v) is 10.7. The van der Waals surface area contributed by atoms with E-state index in [2.05, 4.69) is 5.32 Å². The van der Waals surface area contributed by atoms with Gasteiger partial charge < -0.3 is 29.0 Å². The third kappa shape index (κ3) is 6.45. The van der Waals surface area contributed by atoms with Crippen LogP contribution in [0.25, 0.3) is 0 Å². The van der Waals surface area contributed by atoms with E-state index in [1.807, 2.05) is 0 Å². The number of anilines is 1. The van der Waals surface area contributed by atoms with Crippen molar-refractivity contribution in [1.82, 2.24) is 0 Å². The summed E-state index contributed by atoms with van der Waals surface area (Å²) >= 11 is 0.876. The Morgan fingerprint density at radius 2 is 1.42 bits per heavy atom. The molecule has 0 saturated heterocycles. The summed E-state index contributed by atoms with van der Waals surface area (Å²) in [5.41, 5.74) is 0.498. The molecule has 178 valence electrons. The molecule has 1 N–H and O–H groups in total. The second-order valence-electron chi connectivity index (χ2n) is 6.43. The molecule has 0 saturated carbocycles. The third-order valence-corrected chi connectivity index (χ3v) is 5.45. The maximum Gasteiger partial charge on any atom is 0.348 e. The summed E-state index contributed by atoms with van der Waals surface area (Å²) in [5, 5.41) is 2.60.